The molecule has 172 valence electrons. The van der Waals surface area contributed by atoms with E-state index in [1.165, 1.54) is 35.4 Å². The molecule has 0 saturated carbocycles. The van der Waals surface area contributed by atoms with E-state index in [1.807, 2.05) is 12.1 Å². The van der Waals surface area contributed by atoms with Crippen molar-refractivity contribution in [3.05, 3.63) is 119 Å². The molecule has 5 rings (SSSR count). The minimum atomic E-state index is -0.397. The van der Waals surface area contributed by atoms with Crippen LogP contribution in [-0.4, -0.2) is 51.9 Å². The molecule has 0 spiro atoms. The minimum absolute atomic E-state index is 0.00605. The Hall–Kier alpha value is -3.68. The van der Waals surface area contributed by atoms with Gasteiger partial charge in [0.05, 0.1) is 12.6 Å². The summed E-state index contributed by atoms with van der Waals surface area (Å²) in [7, 11) is 0. The van der Waals surface area contributed by atoms with Gasteiger partial charge < -0.3 is 4.52 Å². The summed E-state index contributed by atoms with van der Waals surface area (Å²) < 4.78 is 18.5. The van der Waals surface area contributed by atoms with Gasteiger partial charge in [0, 0.05) is 31.7 Å². The lowest BCUT2D eigenvalue weighted by atomic mass is 9.96. The van der Waals surface area contributed by atoms with Crippen LogP contribution in [0.15, 0.2) is 89.5 Å². The third kappa shape index (κ3) is 4.95. The molecule has 0 bridgehead atoms. The summed E-state index contributed by atoms with van der Waals surface area (Å²) in [6, 6.07) is 26.7. The van der Waals surface area contributed by atoms with Crippen molar-refractivity contribution < 1.29 is 13.7 Å². The van der Waals surface area contributed by atoms with Gasteiger partial charge in [-0.15, -0.1) is 0 Å². The quantitative estimate of drug-likeness (QED) is 0.386. The Morgan fingerprint density at radius 2 is 1.44 bits per heavy atom. The van der Waals surface area contributed by atoms with E-state index in [-0.39, 0.29) is 17.6 Å². The average molecular weight is 457 g/mol. The van der Waals surface area contributed by atoms with E-state index in [0.29, 0.717) is 18.0 Å². The Morgan fingerprint density at radius 3 is 2.03 bits per heavy atom. The molecule has 6 nitrogen and oxygen atoms in total. The van der Waals surface area contributed by atoms with Gasteiger partial charge in [-0.3, -0.25) is 14.6 Å². The number of halogens is 1. The van der Waals surface area contributed by atoms with Gasteiger partial charge in [-0.25, -0.2) is 4.39 Å². The Morgan fingerprint density at radius 1 is 0.853 bits per heavy atom. The zero-order chi connectivity index (χ0) is 23.3. The maximum atomic E-state index is 13.1. The molecular formula is C27H25FN4O2. The first-order chi connectivity index (χ1) is 16.7. The second kappa shape index (κ2) is 10.1. The van der Waals surface area contributed by atoms with Crippen molar-refractivity contribution in [2.75, 3.05) is 26.2 Å². The van der Waals surface area contributed by atoms with Crippen LogP contribution < -0.4 is 0 Å². The predicted molar refractivity (Wildman–Crippen MR) is 126 cm³/mol. The van der Waals surface area contributed by atoms with Crippen molar-refractivity contribution in [2.24, 2.45) is 0 Å². The van der Waals surface area contributed by atoms with Crippen molar-refractivity contribution in [2.45, 2.75) is 12.6 Å². The molecule has 4 aromatic rings. The van der Waals surface area contributed by atoms with E-state index in [9.17, 15) is 9.18 Å². The molecule has 0 aliphatic carbocycles. The van der Waals surface area contributed by atoms with E-state index in [4.69, 9.17) is 4.52 Å². The molecule has 34 heavy (non-hydrogen) atoms. The third-order valence-corrected chi connectivity index (χ3v) is 6.14. The van der Waals surface area contributed by atoms with Crippen LogP contribution in [0.25, 0.3) is 0 Å². The second-order valence-electron chi connectivity index (χ2n) is 8.38. The fraction of sp³-hybridized carbons (Fsp3) is 0.222. The fourth-order valence-electron chi connectivity index (χ4n) is 4.40. The van der Waals surface area contributed by atoms with Gasteiger partial charge in [-0.1, -0.05) is 65.8 Å². The first-order valence-electron chi connectivity index (χ1n) is 11.4. The predicted octanol–water partition coefficient (Wildman–Crippen LogP) is 4.35. The lowest BCUT2D eigenvalue weighted by Gasteiger charge is -2.39. The number of hydrogen-bond donors (Lipinski definition) is 0. The highest BCUT2D eigenvalue weighted by Gasteiger charge is 2.27. The largest absolute Gasteiger partial charge is 0.337 e. The maximum absolute atomic E-state index is 13.1. The van der Waals surface area contributed by atoms with Crippen LogP contribution in [-0.2, 0) is 6.54 Å². The molecule has 1 aliphatic rings. The van der Waals surface area contributed by atoms with Gasteiger partial charge in [-0.05, 0) is 35.4 Å². The number of carbonyl (C=O) groups is 1. The van der Waals surface area contributed by atoms with Crippen molar-refractivity contribution in [3.8, 4) is 0 Å². The summed E-state index contributed by atoms with van der Waals surface area (Å²) >= 11 is 0. The highest BCUT2D eigenvalue weighted by molar-refractivity contribution is 6.06. The van der Waals surface area contributed by atoms with E-state index >= 15 is 0 Å². The average Bonchev–Trinajstić information content (AvgIpc) is 3.35. The van der Waals surface area contributed by atoms with Gasteiger partial charge in [0.2, 0.25) is 17.5 Å². The number of piperazine rings is 1. The van der Waals surface area contributed by atoms with E-state index in [0.717, 1.165) is 26.2 Å². The zero-order valence-electron chi connectivity index (χ0n) is 18.7. The van der Waals surface area contributed by atoms with Crippen LogP contribution in [0.3, 0.4) is 0 Å². The molecule has 1 fully saturated rings. The molecule has 7 heteroatoms. The van der Waals surface area contributed by atoms with E-state index in [1.54, 1.807) is 0 Å². The normalized spacial score (nSPS) is 15.0. The Labute approximate surface area is 197 Å². The monoisotopic (exact) mass is 456 g/mol. The highest BCUT2D eigenvalue weighted by Crippen LogP contribution is 2.29. The van der Waals surface area contributed by atoms with Gasteiger partial charge in [-0.2, -0.15) is 4.98 Å². The topological polar surface area (TPSA) is 62.5 Å². The fourth-order valence-corrected chi connectivity index (χ4v) is 4.40. The number of ketones is 1. The van der Waals surface area contributed by atoms with Crippen LogP contribution in [0.2, 0.25) is 0 Å². The molecule has 1 aromatic heterocycles. The first kappa shape index (κ1) is 22.1. The number of nitrogens with zero attached hydrogens (tertiary/aromatic N) is 4. The molecule has 0 amide bonds. The van der Waals surface area contributed by atoms with Crippen molar-refractivity contribution in [1.29, 1.82) is 0 Å². The zero-order valence-corrected chi connectivity index (χ0v) is 18.7. The molecule has 0 unspecified atom stereocenters. The number of benzene rings is 3. The summed E-state index contributed by atoms with van der Waals surface area (Å²) in [6.45, 7) is 3.96. The lowest BCUT2D eigenvalue weighted by molar-refractivity contribution is 0.0966. The van der Waals surface area contributed by atoms with E-state index in [2.05, 4.69) is 68.5 Å². The molecule has 0 atom stereocenters. The number of hydrogen-bond acceptors (Lipinski definition) is 6. The van der Waals surface area contributed by atoms with E-state index < -0.39 is 5.82 Å². The summed E-state index contributed by atoms with van der Waals surface area (Å²) in [4.78, 5) is 21.6. The van der Waals surface area contributed by atoms with Crippen LogP contribution in [0.1, 0.15) is 39.2 Å². The Balaban J connectivity index is 1.23. The lowest BCUT2D eigenvalue weighted by Crippen LogP contribution is -2.47. The van der Waals surface area contributed by atoms with Gasteiger partial charge in [0.25, 0.3) is 0 Å². The molecule has 2 heterocycles. The van der Waals surface area contributed by atoms with Crippen LogP contribution in [0.5, 0.6) is 0 Å². The third-order valence-electron chi connectivity index (χ3n) is 6.14. The van der Waals surface area contributed by atoms with Gasteiger partial charge in [0.1, 0.15) is 5.82 Å². The Bertz CT molecular complexity index is 1180. The molecule has 0 radical (unpaired) electrons. The van der Waals surface area contributed by atoms with Gasteiger partial charge in [0.15, 0.2) is 0 Å². The van der Waals surface area contributed by atoms with Crippen molar-refractivity contribution in [1.82, 2.24) is 19.9 Å². The first-order valence-corrected chi connectivity index (χ1v) is 11.4. The molecule has 3 aromatic carbocycles. The van der Waals surface area contributed by atoms with Crippen molar-refractivity contribution >= 4 is 5.78 Å². The standard InChI is InChI=1S/C27H25FN4O2/c28-23-13-11-22(12-14-23)26(33)27-29-24(34-30-27)19-31-15-17-32(18-16-31)25(20-7-3-1-4-8-20)21-9-5-2-6-10-21/h1-14,25H,15-19H2. The minimum Gasteiger partial charge on any atom is -0.337 e. The van der Waals surface area contributed by atoms with Crippen LogP contribution >= 0.6 is 0 Å². The smallest absolute Gasteiger partial charge is 0.243 e. The maximum Gasteiger partial charge on any atom is 0.243 e. The number of rotatable bonds is 7. The number of carbonyl (C=O) groups excluding carboxylic acids is 1. The summed E-state index contributed by atoms with van der Waals surface area (Å²) in [6.07, 6.45) is 0. The summed E-state index contributed by atoms with van der Waals surface area (Å²) in [5, 5.41) is 3.84. The SMILES string of the molecule is O=C(c1ccc(F)cc1)c1noc(CN2CCN(C(c3ccccc3)c3ccccc3)CC2)n1. The summed E-state index contributed by atoms with van der Waals surface area (Å²) in [5.41, 5.74) is 2.89. The number of aromatic nitrogens is 2. The van der Waals surface area contributed by atoms with Gasteiger partial charge >= 0.3 is 0 Å². The van der Waals surface area contributed by atoms with Crippen LogP contribution in [0.4, 0.5) is 4.39 Å². The second-order valence-corrected chi connectivity index (χ2v) is 8.38. The molecule has 1 aliphatic heterocycles. The Kier molecular flexibility index (Phi) is 6.56. The molecular weight excluding hydrogens is 431 g/mol. The van der Waals surface area contributed by atoms with Crippen molar-refractivity contribution in [3.63, 3.8) is 0 Å². The van der Waals surface area contributed by atoms with Crippen LogP contribution in [0, 0.1) is 5.82 Å². The highest BCUT2D eigenvalue weighted by atomic mass is 19.1. The summed E-state index contributed by atoms with van der Waals surface area (Å²) in [5.74, 6) is -0.380. The molecule has 0 N–H and O–H groups in total. The molecule has 1 saturated heterocycles.